The number of fused-ring (bicyclic) bond motifs is 2. The standard InChI is InChI=1S/C47H68N7O15PS2/c1-5-6-11-34-28-33-12-7-8-13-37(33)38(34)31-67-46(58)51-20-25-63-27-26-62-24-19-50-45(57)66-23-17-47(2,3)72-71-32-64-21-9-10-22-65-44(56)49-18-16-35-29-54(41-40(35)42(55)53-43(48)52-41)39-15-14-36(69-39)30-68-70(59,60)61-4/h5-8,11-12,28-29,36-39,43,52H,1,9-10,13-15,17,19-27,30-32,48H2,2-4H3,(H,49,56)(H,50,57)(H,51,58)(H,53,55)(H,59,60)/b11-6-/t36-,37?,38?,39+,43?/m0/s1. The zero-order valence-corrected chi connectivity index (χ0v) is 43.4. The Hall–Kier alpha value is -4.77. The molecule has 4 unspecified atom stereocenters. The quantitative estimate of drug-likeness (QED) is 0.00685. The average Bonchev–Trinajstić information content (AvgIpc) is 4.07. The first-order chi connectivity index (χ1) is 34.7. The molecule has 0 aromatic carbocycles. The van der Waals surface area contributed by atoms with Gasteiger partial charge >= 0.3 is 26.1 Å². The van der Waals surface area contributed by atoms with E-state index in [1.807, 2.05) is 12.2 Å². The second-order valence-electron chi connectivity index (χ2n) is 17.1. The smallest absolute Gasteiger partial charge is 0.450 e. The summed E-state index contributed by atoms with van der Waals surface area (Å²) in [5.41, 5.74) is 8.84. The monoisotopic (exact) mass is 1070 g/mol. The van der Waals surface area contributed by atoms with Gasteiger partial charge in [0.15, 0.2) is 6.29 Å². The molecule has 5 rings (SSSR count). The molecular weight excluding hydrogens is 998 g/mol. The second-order valence-corrected chi connectivity index (χ2v) is 21.6. The Kier molecular flexibility index (Phi) is 24.6. The Balaban J connectivity index is 0.818. The summed E-state index contributed by atoms with van der Waals surface area (Å²) in [6.45, 7) is 10.7. The highest BCUT2D eigenvalue weighted by Crippen LogP contribution is 2.44. The number of phosphoric acid groups is 1. The zero-order valence-electron chi connectivity index (χ0n) is 40.9. The molecule has 4 aliphatic rings. The molecule has 6 atom stereocenters. The number of carbonyl (C=O) groups excluding carboxylic acids is 4. The van der Waals surface area contributed by atoms with Gasteiger partial charge in [0.1, 0.15) is 24.6 Å². The molecule has 0 spiro atoms. The lowest BCUT2D eigenvalue weighted by molar-refractivity contribution is -0.0220. The molecule has 0 saturated carbocycles. The minimum Gasteiger partial charge on any atom is -0.450 e. The van der Waals surface area contributed by atoms with E-state index in [2.05, 4.69) is 87.8 Å². The van der Waals surface area contributed by atoms with Crippen molar-refractivity contribution in [3.8, 4) is 12.0 Å². The average molecular weight is 1070 g/mol. The molecule has 1 fully saturated rings. The molecule has 1 aromatic rings. The Morgan fingerprint density at radius 3 is 2.49 bits per heavy atom. The van der Waals surface area contributed by atoms with Gasteiger partial charge < -0.3 is 63.9 Å². The Morgan fingerprint density at radius 1 is 1.00 bits per heavy atom. The van der Waals surface area contributed by atoms with Crippen LogP contribution in [0.5, 0.6) is 0 Å². The molecule has 1 aromatic heterocycles. The molecule has 72 heavy (non-hydrogen) atoms. The van der Waals surface area contributed by atoms with Gasteiger partial charge in [-0.05, 0) is 75.4 Å². The van der Waals surface area contributed by atoms with E-state index >= 15 is 0 Å². The number of carbonyl (C=O) groups is 4. The molecule has 25 heteroatoms. The van der Waals surface area contributed by atoms with Gasteiger partial charge in [-0.15, -0.1) is 0 Å². The molecule has 0 bridgehead atoms. The fourth-order valence-corrected chi connectivity index (χ4v) is 10.3. The maximum atomic E-state index is 12.9. The van der Waals surface area contributed by atoms with E-state index in [1.165, 1.54) is 5.57 Å². The van der Waals surface area contributed by atoms with Gasteiger partial charge in [-0.2, -0.15) is 0 Å². The predicted octanol–water partition coefficient (Wildman–Crippen LogP) is 5.95. The van der Waals surface area contributed by atoms with Crippen LogP contribution in [0.2, 0.25) is 0 Å². The molecular formula is C47H68N7O15PS2. The summed E-state index contributed by atoms with van der Waals surface area (Å²) in [6.07, 6.45) is 15.8. The number of hydrogen-bond acceptors (Lipinski definition) is 18. The van der Waals surface area contributed by atoms with E-state index in [0.29, 0.717) is 88.3 Å². The highest BCUT2D eigenvalue weighted by molar-refractivity contribution is 8.77. The Morgan fingerprint density at radius 2 is 1.74 bits per heavy atom. The van der Waals surface area contributed by atoms with Gasteiger partial charge in [0, 0.05) is 49.7 Å². The van der Waals surface area contributed by atoms with E-state index in [4.69, 9.17) is 43.4 Å². The first-order valence-electron chi connectivity index (χ1n) is 23.6. The number of aromatic nitrogens is 1. The van der Waals surface area contributed by atoms with Crippen molar-refractivity contribution in [3.63, 3.8) is 0 Å². The third kappa shape index (κ3) is 19.9. The van der Waals surface area contributed by atoms with Crippen LogP contribution in [-0.2, 0) is 46.8 Å². The predicted molar refractivity (Wildman–Crippen MR) is 271 cm³/mol. The van der Waals surface area contributed by atoms with Crippen molar-refractivity contribution in [1.82, 2.24) is 25.8 Å². The number of allylic oxidation sites excluding steroid dienone is 8. The van der Waals surface area contributed by atoms with Crippen LogP contribution in [0.25, 0.3) is 0 Å². The van der Waals surface area contributed by atoms with Crippen LogP contribution in [0.4, 0.5) is 20.2 Å². The van der Waals surface area contributed by atoms with Gasteiger partial charge in [-0.3, -0.25) is 19.6 Å². The number of alkyl carbamates (subject to hydrolysis) is 3. The Bertz CT molecular complexity index is 2230. The Labute approximate surface area is 428 Å². The summed E-state index contributed by atoms with van der Waals surface area (Å²) >= 11 is 0. The van der Waals surface area contributed by atoms with E-state index in [0.717, 1.165) is 19.1 Å². The summed E-state index contributed by atoms with van der Waals surface area (Å²) in [7, 11) is 0.0834. The molecule has 8 N–H and O–H groups in total. The lowest BCUT2D eigenvalue weighted by atomic mass is 9.84. The van der Waals surface area contributed by atoms with Gasteiger partial charge in [-0.1, -0.05) is 70.7 Å². The molecule has 398 valence electrons. The molecule has 22 nitrogen and oxygen atoms in total. The summed E-state index contributed by atoms with van der Waals surface area (Å²) in [4.78, 5) is 59.2. The number of hydrogen-bond donors (Lipinski definition) is 7. The van der Waals surface area contributed by atoms with Crippen LogP contribution in [0, 0.1) is 23.8 Å². The van der Waals surface area contributed by atoms with E-state index in [-0.39, 0.29) is 55.8 Å². The van der Waals surface area contributed by atoms with Crippen molar-refractivity contribution in [1.29, 1.82) is 0 Å². The van der Waals surface area contributed by atoms with E-state index in [9.17, 15) is 28.6 Å². The van der Waals surface area contributed by atoms with Crippen molar-refractivity contribution < 1.29 is 70.8 Å². The lowest BCUT2D eigenvalue weighted by Crippen LogP contribution is -2.51. The summed E-state index contributed by atoms with van der Waals surface area (Å²) in [6, 6.07) is 2.54. The number of phosphoric ester groups is 1. The number of anilines is 1. The number of amides is 4. The van der Waals surface area contributed by atoms with Crippen LogP contribution in [0.3, 0.4) is 0 Å². The SMILES string of the molecule is C=C/C=C\C1=CC2=CC=CCC2C1COC(=O)NCCOCCOCCNC(=O)OCCC(C)(C)SSCOCCCCOC(=O)NC#Cc1cn([C@H]2CC[C@@H](COP(=O)(O)OC)O2)c2c1C(=O)NC(N)N2. The van der Waals surface area contributed by atoms with Crippen molar-refractivity contribution in [3.05, 3.63) is 77.6 Å². The molecule has 2 aliphatic heterocycles. The van der Waals surface area contributed by atoms with Crippen LogP contribution in [0.1, 0.15) is 74.5 Å². The van der Waals surface area contributed by atoms with E-state index < -0.39 is 50.6 Å². The van der Waals surface area contributed by atoms with Gasteiger partial charge in [-0.25, -0.2) is 24.3 Å². The van der Waals surface area contributed by atoms with Gasteiger partial charge in [0.2, 0.25) is 0 Å². The van der Waals surface area contributed by atoms with Crippen molar-refractivity contribution in [2.24, 2.45) is 17.6 Å². The number of nitrogens with two attached hydrogens (primary N) is 1. The molecule has 1 saturated heterocycles. The van der Waals surface area contributed by atoms with Crippen LogP contribution < -0.4 is 32.3 Å². The van der Waals surface area contributed by atoms with Crippen LogP contribution in [0.15, 0.2) is 66.5 Å². The number of rotatable bonds is 30. The number of ether oxygens (including phenoxy) is 7. The van der Waals surface area contributed by atoms with Crippen molar-refractivity contribution in [2.75, 3.05) is 90.9 Å². The molecule has 3 heterocycles. The molecule has 0 radical (unpaired) electrons. The highest BCUT2D eigenvalue weighted by atomic mass is 33.1. The lowest BCUT2D eigenvalue weighted by Gasteiger charge is -2.26. The van der Waals surface area contributed by atoms with Gasteiger partial charge in [0.05, 0.1) is 63.5 Å². The molecule has 2 aliphatic carbocycles. The molecule has 4 amide bonds. The fraction of sp³-hybridized carbons (Fsp3) is 0.574. The second kappa shape index (κ2) is 30.4. The number of nitrogens with zero attached hydrogens (tertiary/aromatic N) is 1. The maximum absolute atomic E-state index is 12.9. The van der Waals surface area contributed by atoms with Crippen LogP contribution in [-0.4, -0.2) is 136 Å². The largest absolute Gasteiger partial charge is 0.472 e. The summed E-state index contributed by atoms with van der Waals surface area (Å²) < 4.78 is 61.4. The normalized spacial score (nSPS) is 20.9. The zero-order chi connectivity index (χ0) is 51.8. The van der Waals surface area contributed by atoms with Gasteiger partial charge in [0.25, 0.3) is 5.91 Å². The first-order valence-corrected chi connectivity index (χ1v) is 27.4. The minimum absolute atomic E-state index is 0.0956. The van der Waals surface area contributed by atoms with E-state index in [1.54, 1.807) is 38.4 Å². The summed E-state index contributed by atoms with van der Waals surface area (Å²) in [5, 5.41) is 13.3. The number of nitrogens with one attached hydrogen (secondary N) is 5. The third-order valence-corrected chi connectivity index (χ3v) is 15.2. The van der Waals surface area contributed by atoms with Crippen molar-refractivity contribution >= 4 is 59.4 Å². The number of unbranched alkanes of at least 4 members (excludes halogenated alkanes) is 1. The fourth-order valence-electron chi connectivity index (χ4n) is 7.58. The third-order valence-electron chi connectivity index (χ3n) is 11.2. The topological polar surface area (TPSA) is 280 Å². The van der Waals surface area contributed by atoms with Crippen LogP contribution >= 0.6 is 29.4 Å². The minimum atomic E-state index is -4.17. The maximum Gasteiger partial charge on any atom is 0.472 e. The van der Waals surface area contributed by atoms with Crippen molar-refractivity contribution in [2.45, 2.75) is 75.7 Å². The highest BCUT2D eigenvalue weighted by Gasteiger charge is 2.36. The summed E-state index contributed by atoms with van der Waals surface area (Å²) in [5.74, 6) is 3.54. The first kappa shape index (κ1) is 58.1.